The number of thioether (sulfide) groups is 1. The van der Waals surface area contributed by atoms with Gasteiger partial charge in [-0.25, -0.2) is 4.98 Å². The molecule has 0 saturated heterocycles. The van der Waals surface area contributed by atoms with Gasteiger partial charge in [-0.1, -0.05) is 0 Å². The maximum Gasteiger partial charge on any atom is 0.205 e. The summed E-state index contributed by atoms with van der Waals surface area (Å²) in [6, 6.07) is 9.42. The Hall–Kier alpha value is -2.01. The second-order valence-electron chi connectivity index (χ2n) is 3.81. The van der Waals surface area contributed by atoms with Crippen LogP contribution in [0.15, 0.2) is 52.0 Å². The normalized spacial score (nSPS) is 10.9. The fraction of sp³-hybridized carbons (Fsp3) is 0.0769. The van der Waals surface area contributed by atoms with E-state index in [2.05, 4.69) is 9.97 Å². The molecule has 5 heteroatoms. The summed E-state index contributed by atoms with van der Waals surface area (Å²) in [7, 11) is 0. The first kappa shape index (κ1) is 11.1. The van der Waals surface area contributed by atoms with Crippen molar-refractivity contribution in [1.82, 2.24) is 9.97 Å². The molecule has 0 aliphatic heterocycles. The molecule has 2 aromatic heterocycles. The van der Waals surface area contributed by atoms with Gasteiger partial charge in [-0.05, 0) is 24.3 Å². The first-order valence-corrected chi connectivity index (χ1v) is 6.47. The summed E-state index contributed by atoms with van der Waals surface area (Å²) in [4.78, 5) is 9.53. The van der Waals surface area contributed by atoms with Gasteiger partial charge in [0.05, 0.1) is 5.75 Å². The van der Waals surface area contributed by atoms with Crippen LogP contribution in [0.25, 0.3) is 11.1 Å². The van der Waals surface area contributed by atoms with Crippen LogP contribution < -0.4 is 5.73 Å². The molecule has 0 aliphatic carbocycles. The second kappa shape index (κ2) is 4.70. The maximum atomic E-state index is 5.70. The third-order valence-electron chi connectivity index (χ3n) is 2.47. The highest BCUT2D eigenvalue weighted by Crippen LogP contribution is 2.24. The minimum absolute atomic E-state index is 0.687. The molecule has 0 spiro atoms. The molecule has 1 aromatic carbocycles. The van der Waals surface area contributed by atoms with Crippen LogP contribution in [0.5, 0.6) is 0 Å². The molecule has 0 atom stereocenters. The summed E-state index contributed by atoms with van der Waals surface area (Å²) < 4.78 is 5.64. The molecule has 4 nitrogen and oxygen atoms in total. The Labute approximate surface area is 108 Å². The van der Waals surface area contributed by atoms with E-state index in [4.69, 9.17) is 10.2 Å². The Morgan fingerprint density at radius 1 is 1.17 bits per heavy atom. The van der Waals surface area contributed by atoms with E-state index in [1.54, 1.807) is 30.2 Å². The van der Waals surface area contributed by atoms with E-state index in [0.29, 0.717) is 17.3 Å². The molecule has 0 radical (unpaired) electrons. The lowest BCUT2D eigenvalue weighted by molar-refractivity contribution is 0.556. The first-order chi connectivity index (χ1) is 8.81. The number of nitrogens with zero attached hydrogens (tertiary/aromatic N) is 2. The number of nitrogen functional groups attached to an aromatic ring is 1. The van der Waals surface area contributed by atoms with Crippen LogP contribution in [0.1, 0.15) is 5.89 Å². The van der Waals surface area contributed by atoms with Crippen molar-refractivity contribution in [3.8, 4) is 0 Å². The Morgan fingerprint density at radius 3 is 2.83 bits per heavy atom. The molecule has 3 rings (SSSR count). The van der Waals surface area contributed by atoms with E-state index >= 15 is 0 Å². The van der Waals surface area contributed by atoms with Crippen molar-refractivity contribution in [2.75, 3.05) is 5.73 Å². The van der Waals surface area contributed by atoms with Crippen molar-refractivity contribution in [3.63, 3.8) is 0 Å². The van der Waals surface area contributed by atoms with E-state index in [-0.39, 0.29) is 0 Å². The average Bonchev–Trinajstić information content (AvgIpc) is 2.79. The molecule has 90 valence electrons. The van der Waals surface area contributed by atoms with Crippen molar-refractivity contribution in [2.45, 2.75) is 10.6 Å². The largest absolute Gasteiger partial charge is 0.440 e. The number of anilines is 1. The molecule has 0 aliphatic rings. The quantitative estimate of drug-likeness (QED) is 0.577. The zero-order chi connectivity index (χ0) is 12.4. The smallest absolute Gasteiger partial charge is 0.205 e. The third-order valence-corrected chi connectivity index (χ3v) is 3.47. The molecule has 18 heavy (non-hydrogen) atoms. The summed E-state index contributed by atoms with van der Waals surface area (Å²) in [6.45, 7) is 0. The van der Waals surface area contributed by atoms with Gasteiger partial charge in [0.2, 0.25) is 5.89 Å². The van der Waals surface area contributed by atoms with Crippen molar-refractivity contribution in [2.24, 2.45) is 0 Å². The molecule has 2 N–H and O–H groups in total. The number of benzene rings is 1. The minimum Gasteiger partial charge on any atom is -0.440 e. The number of fused-ring (bicyclic) bond motifs is 1. The molecule has 2 heterocycles. The van der Waals surface area contributed by atoms with Gasteiger partial charge in [0.1, 0.15) is 5.52 Å². The molecular formula is C13H11N3OS. The Bertz CT molecular complexity index is 666. The number of oxazole rings is 1. The zero-order valence-corrected chi connectivity index (χ0v) is 10.4. The van der Waals surface area contributed by atoms with Gasteiger partial charge < -0.3 is 10.2 Å². The first-order valence-electron chi connectivity index (χ1n) is 5.49. The van der Waals surface area contributed by atoms with E-state index in [9.17, 15) is 0 Å². The van der Waals surface area contributed by atoms with Crippen LogP contribution in [-0.4, -0.2) is 9.97 Å². The average molecular weight is 257 g/mol. The predicted octanol–water partition coefficient (Wildman–Crippen LogP) is 3.10. The standard InChI is InChI=1S/C13H11N3OS/c14-9-1-2-11-12(7-9)17-13(16-11)8-18-10-3-5-15-6-4-10/h1-7H,8,14H2. The Kier molecular flexibility index (Phi) is 2.90. The third kappa shape index (κ3) is 2.31. The summed E-state index contributed by atoms with van der Waals surface area (Å²) in [5.74, 6) is 1.40. The monoisotopic (exact) mass is 257 g/mol. The van der Waals surface area contributed by atoms with Crippen LogP contribution in [0.3, 0.4) is 0 Å². The van der Waals surface area contributed by atoms with Crippen molar-refractivity contribution in [1.29, 1.82) is 0 Å². The molecule has 0 saturated carbocycles. The summed E-state index contributed by atoms with van der Waals surface area (Å²) in [5.41, 5.74) is 7.96. The van der Waals surface area contributed by atoms with Gasteiger partial charge in [-0.2, -0.15) is 0 Å². The van der Waals surface area contributed by atoms with Crippen molar-refractivity contribution in [3.05, 3.63) is 48.6 Å². The van der Waals surface area contributed by atoms with E-state index < -0.39 is 0 Å². The lowest BCUT2D eigenvalue weighted by Crippen LogP contribution is -1.81. The number of pyridine rings is 1. The lowest BCUT2D eigenvalue weighted by Gasteiger charge is -1.96. The van der Waals surface area contributed by atoms with Crippen molar-refractivity contribution >= 4 is 28.5 Å². The number of nitrogens with two attached hydrogens (primary N) is 1. The van der Waals surface area contributed by atoms with Gasteiger partial charge >= 0.3 is 0 Å². The number of aromatic nitrogens is 2. The lowest BCUT2D eigenvalue weighted by atomic mass is 10.3. The molecule has 0 bridgehead atoms. The fourth-order valence-corrected chi connectivity index (χ4v) is 2.36. The highest BCUT2D eigenvalue weighted by atomic mass is 32.2. The SMILES string of the molecule is Nc1ccc2nc(CSc3ccncc3)oc2c1. The van der Waals surface area contributed by atoms with Gasteiger partial charge in [0, 0.05) is 29.0 Å². The Balaban J connectivity index is 1.79. The number of rotatable bonds is 3. The second-order valence-corrected chi connectivity index (χ2v) is 4.86. The summed E-state index contributed by atoms with van der Waals surface area (Å²) in [5, 5.41) is 0. The van der Waals surface area contributed by atoms with Crippen LogP contribution >= 0.6 is 11.8 Å². The molecule has 0 fully saturated rings. The Morgan fingerprint density at radius 2 is 2.00 bits per heavy atom. The van der Waals surface area contributed by atoms with Gasteiger partial charge in [0.15, 0.2) is 5.58 Å². The maximum absolute atomic E-state index is 5.70. The zero-order valence-electron chi connectivity index (χ0n) is 9.54. The summed E-state index contributed by atoms with van der Waals surface area (Å²) in [6.07, 6.45) is 3.55. The number of hydrogen-bond acceptors (Lipinski definition) is 5. The van der Waals surface area contributed by atoms with Crippen molar-refractivity contribution < 1.29 is 4.42 Å². The number of hydrogen-bond donors (Lipinski definition) is 1. The van der Waals surface area contributed by atoms with Crippen LogP contribution in [0.4, 0.5) is 5.69 Å². The fourth-order valence-electron chi connectivity index (χ4n) is 1.63. The van der Waals surface area contributed by atoms with Crippen LogP contribution in [-0.2, 0) is 5.75 Å². The van der Waals surface area contributed by atoms with E-state index in [1.165, 1.54) is 0 Å². The molecule has 3 aromatic rings. The summed E-state index contributed by atoms with van der Waals surface area (Å²) >= 11 is 1.67. The van der Waals surface area contributed by atoms with Crippen LogP contribution in [0, 0.1) is 0 Å². The van der Waals surface area contributed by atoms with Crippen LogP contribution in [0.2, 0.25) is 0 Å². The van der Waals surface area contributed by atoms with Gasteiger partial charge in [-0.3, -0.25) is 4.98 Å². The molecule has 0 amide bonds. The minimum atomic E-state index is 0.687. The highest BCUT2D eigenvalue weighted by molar-refractivity contribution is 7.98. The predicted molar refractivity (Wildman–Crippen MR) is 72.2 cm³/mol. The molecule has 0 unspecified atom stereocenters. The van der Waals surface area contributed by atoms with Gasteiger partial charge in [0.25, 0.3) is 0 Å². The van der Waals surface area contributed by atoms with Gasteiger partial charge in [-0.15, -0.1) is 11.8 Å². The van der Waals surface area contributed by atoms with E-state index in [1.807, 2.05) is 24.3 Å². The topological polar surface area (TPSA) is 64.9 Å². The van der Waals surface area contributed by atoms with E-state index in [0.717, 1.165) is 16.0 Å². The highest BCUT2D eigenvalue weighted by Gasteiger charge is 2.06. The molecular weight excluding hydrogens is 246 g/mol.